The van der Waals surface area contributed by atoms with E-state index in [-0.39, 0.29) is 0 Å². The molecule has 0 fully saturated rings. The zero-order valence-electron chi connectivity index (χ0n) is 8.74. The first kappa shape index (κ1) is 12.8. The van der Waals surface area contributed by atoms with Gasteiger partial charge >= 0.3 is 0 Å². The Balaban J connectivity index is 1.94. The van der Waals surface area contributed by atoms with Crippen molar-refractivity contribution in [3.05, 3.63) is 41.6 Å². The first-order chi connectivity index (χ1) is 7.65. The molecule has 0 saturated heterocycles. The Labute approximate surface area is 120 Å². The van der Waals surface area contributed by atoms with Gasteiger partial charge in [-0.3, -0.25) is 4.90 Å². The Hall–Kier alpha value is 0.320. The topological polar surface area (TPSA) is 3.24 Å². The summed E-state index contributed by atoms with van der Waals surface area (Å²) in [7, 11) is 2.15. The maximum Gasteiger partial charge on any atom is 0.0340 e. The Kier molecular flexibility index (Phi) is 4.61. The summed E-state index contributed by atoms with van der Waals surface area (Å²) in [5.74, 6) is 0. The number of rotatable bonds is 4. The Morgan fingerprint density at radius 2 is 2.06 bits per heavy atom. The van der Waals surface area contributed by atoms with E-state index in [0.717, 1.165) is 13.1 Å². The fraction of sp³-hybridized carbons (Fsp3) is 0.273. The van der Waals surface area contributed by atoms with Crippen LogP contribution in [-0.4, -0.2) is 11.9 Å². The monoisotopic (exact) mass is 379 g/mol. The predicted octanol–water partition coefficient (Wildman–Crippen LogP) is 4.97. The largest absolute Gasteiger partial charge is 0.296 e. The second-order valence-corrected chi connectivity index (χ2v) is 7.36. The molecule has 0 aliphatic carbocycles. The highest BCUT2D eigenvalue weighted by molar-refractivity contribution is 9.10. The highest BCUT2D eigenvalue weighted by Gasteiger charge is 2.07. The van der Waals surface area contributed by atoms with Gasteiger partial charge in [0, 0.05) is 37.2 Å². The van der Waals surface area contributed by atoms with Crippen LogP contribution in [0.4, 0.5) is 0 Å². The summed E-state index contributed by atoms with van der Waals surface area (Å²) in [6, 6.07) is 4.29. The third kappa shape index (κ3) is 3.40. The molecule has 5 heteroatoms. The van der Waals surface area contributed by atoms with Crippen molar-refractivity contribution >= 4 is 54.5 Å². The van der Waals surface area contributed by atoms with Gasteiger partial charge in [0.15, 0.2) is 0 Å². The highest BCUT2D eigenvalue weighted by Crippen LogP contribution is 2.25. The molecule has 0 aliphatic rings. The SMILES string of the molecule is CN(Cc1cc(Br)cs1)Cc1sccc1Br. The summed E-state index contributed by atoms with van der Waals surface area (Å²) in [6.45, 7) is 1.99. The van der Waals surface area contributed by atoms with E-state index in [4.69, 9.17) is 0 Å². The van der Waals surface area contributed by atoms with Crippen LogP contribution in [0.3, 0.4) is 0 Å². The molecule has 2 aromatic rings. The minimum atomic E-state index is 0.994. The molecule has 0 amide bonds. The first-order valence-electron chi connectivity index (χ1n) is 4.78. The van der Waals surface area contributed by atoms with Crippen molar-refractivity contribution < 1.29 is 0 Å². The van der Waals surface area contributed by atoms with Crippen LogP contribution < -0.4 is 0 Å². The number of thiophene rings is 2. The van der Waals surface area contributed by atoms with E-state index >= 15 is 0 Å². The van der Waals surface area contributed by atoms with E-state index in [9.17, 15) is 0 Å². The zero-order valence-corrected chi connectivity index (χ0v) is 13.5. The van der Waals surface area contributed by atoms with Crippen molar-refractivity contribution in [2.75, 3.05) is 7.05 Å². The Bertz CT molecular complexity index is 464. The zero-order chi connectivity index (χ0) is 11.5. The molecular weight excluding hydrogens is 370 g/mol. The van der Waals surface area contributed by atoms with Crippen molar-refractivity contribution in [2.45, 2.75) is 13.1 Å². The van der Waals surface area contributed by atoms with Gasteiger partial charge in [0.2, 0.25) is 0 Å². The normalized spacial score (nSPS) is 11.2. The molecule has 2 aromatic heterocycles. The summed E-state index contributed by atoms with van der Waals surface area (Å²) in [5, 5.41) is 4.25. The number of hydrogen-bond acceptors (Lipinski definition) is 3. The van der Waals surface area contributed by atoms with E-state index in [1.807, 2.05) is 0 Å². The molecule has 0 radical (unpaired) electrons. The second-order valence-electron chi connectivity index (χ2n) is 3.60. The lowest BCUT2D eigenvalue weighted by Crippen LogP contribution is -2.15. The van der Waals surface area contributed by atoms with E-state index < -0.39 is 0 Å². The van der Waals surface area contributed by atoms with Crippen molar-refractivity contribution in [3.8, 4) is 0 Å². The number of nitrogens with zero attached hydrogens (tertiary/aromatic N) is 1. The molecule has 0 spiro atoms. The van der Waals surface area contributed by atoms with Crippen LogP contribution in [0.1, 0.15) is 9.75 Å². The smallest absolute Gasteiger partial charge is 0.0340 e. The Morgan fingerprint density at radius 1 is 1.25 bits per heavy atom. The van der Waals surface area contributed by atoms with Crippen molar-refractivity contribution in [2.24, 2.45) is 0 Å². The van der Waals surface area contributed by atoms with Gasteiger partial charge in [0.1, 0.15) is 0 Å². The molecule has 2 heterocycles. The second kappa shape index (κ2) is 5.78. The summed E-state index contributed by atoms with van der Waals surface area (Å²) in [5.41, 5.74) is 0. The van der Waals surface area contributed by atoms with Crippen LogP contribution in [0.15, 0.2) is 31.8 Å². The molecule has 0 unspecified atom stereocenters. The lowest BCUT2D eigenvalue weighted by molar-refractivity contribution is 0.324. The number of halogens is 2. The molecule has 0 N–H and O–H groups in total. The lowest BCUT2D eigenvalue weighted by atomic mass is 10.4. The fourth-order valence-corrected chi connectivity index (χ4v) is 4.53. The Morgan fingerprint density at radius 3 is 2.62 bits per heavy atom. The average Bonchev–Trinajstić information content (AvgIpc) is 2.77. The van der Waals surface area contributed by atoms with Gasteiger partial charge in [-0.2, -0.15) is 0 Å². The maximum absolute atomic E-state index is 3.56. The van der Waals surface area contributed by atoms with Crippen molar-refractivity contribution in [1.82, 2.24) is 4.90 Å². The molecule has 0 bridgehead atoms. The van der Waals surface area contributed by atoms with E-state index in [1.54, 1.807) is 22.7 Å². The third-order valence-electron chi connectivity index (χ3n) is 2.15. The van der Waals surface area contributed by atoms with Gasteiger partial charge in [-0.25, -0.2) is 0 Å². The predicted molar refractivity (Wildman–Crippen MR) is 79.2 cm³/mol. The van der Waals surface area contributed by atoms with Crippen LogP contribution in [0.5, 0.6) is 0 Å². The summed E-state index contributed by atoms with van der Waals surface area (Å²) >= 11 is 10.6. The molecule has 0 aliphatic heterocycles. The van der Waals surface area contributed by atoms with E-state index in [0.29, 0.717) is 0 Å². The standard InChI is InChI=1S/C11H11Br2NS2/c1-14(5-9-4-8(12)7-16-9)6-11-10(13)2-3-15-11/h2-4,7H,5-6H2,1H3. The average molecular weight is 381 g/mol. The van der Waals surface area contributed by atoms with Crippen LogP contribution in [-0.2, 0) is 13.1 Å². The molecule has 0 aromatic carbocycles. The van der Waals surface area contributed by atoms with Crippen LogP contribution in [0, 0.1) is 0 Å². The van der Waals surface area contributed by atoms with Gasteiger partial charge in [0.25, 0.3) is 0 Å². The number of hydrogen-bond donors (Lipinski definition) is 0. The molecule has 0 saturated carbocycles. The van der Waals surface area contributed by atoms with Gasteiger partial charge in [-0.15, -0.1) is 22.7 Å². The third-order valence-corrected chi connectivity index (χ3v) is 5.75. The summed E-state index contributed by atoms with van der Waals surface area (Å²) in [4.78, 5) is 5.11. The van der Waals surface area contributed by atoms with Crippen LogP contribution in [0.2, 0.25) is 0 Å². The van der Waals surface area contributed by atoms with E-state index in [2.05, 4.69) is 66.7 Å². The lowest BCUT2D eigenvalue weighted by Gasteiger charge is -2.14. The minimum Gasteiger partial charge on any atom is -0.296 e. The van der Waals surface area contributed by atoms with Gasteiger partial charge in [-0.05, 0) is 56.4 Å². The molecular formula is C11H11Br2NS2. The first-order valence-corrected chi connectivity index (χ1v) is 8.13. The quantitative estimate of drug-likeness (QED) is 0.723. The highest BCUT2D eigenvalue weighted by atomic mass is 79.9. The minimum absolute atomic E-state index is 0.994. The van der Waals surface area contributed by atoms with Crippen molar-refractivity contribution in [1.29, 1.82) is 0 Å². The van der Waals surface area contributed by atoms with Gasteiger partial charge in [-0.1, -0.05) is 0 Å². The molecule has 2 rings (SSSR count). The molecule has 86 valence electrons. The van der Waals surface area contributed by atoms with Crippen molar-refractivity contribution in [3.63, 3.8) is 0 Å². The molecule has 1 nitrogen and oxygen atoms in total. The molecule has 16 heavy (non-hydrogen) atoms. The van der Waals surface area contributed by atoms with Gasteiger partial charge in [0.05, 0.1) is 0 Å². The summed E-state index contributed by atoms with van der Waals surface area (Å²) in [6.07, 6.45) is 0. The fourth-order valence-electron chi connectivity index (χ4n) is 1.44. The van der Waals surface area contributed by atoms with Crippen LogP contribution >= 0.6 is 54.5 Å². The van der Waals surface area contributed by atoms with E-state index in [1.165, 1.54) is 18.7 Å². The van der Waals surface area contributed by atoms with Crippen LogP contribution in [0.25, 0.3) is 0 Å². The maximum atomic E-state index is 3.56. The van der Waals surface area contributed by atoms with Gasteiger partial charge < -0.3 is 0 Å². The summed E-state index contributed by atoms with van der Waals surface area (Å²) < 4.78 is 2.40. The molecule has 0 atom stereocenters.